The summed E-state index contributed by atoms with van der Waals surface area (Å²) in [5.74, 6) is -0.774. The lowest BCUT2D eigenvalue weighted by Gasteiger charge is -2.42. The minimum atomic E-state index is -0.941. The van der Waals surface area contributed by atoms with Crippen molar-refractivity contribution in [3.05, 3.63) is 12.7 Å². The molecule has 1 aliphatic carbocycles. The number of aliphatic carboxylic acids is 1. The first-order chi connectivity index (χ1) is 9.49. The Morgan fingerprint density at radius 3 is 2.50 bits per heavy atom. The third kappa shape index (κ3) is 2.35. The summed E-state index contributed by atoms with van der Waals surface area (Å²) in [6, 6.07) is 0. The fourth-order valence-electron chi connectivity index (χ4n) is 3.40. The smallest absolute Gasteiger partial charge is 0.313 e. The van der Waals surface area contributed by atoms with Gasteiger partial charge in [-0.2, -0.15) is 0 Å². The van der Waals surface area contributed by atoms with Crippen molar-refractivity contribution in [1.29, 1.82) is 0 Å². The molecule has 0 aromatic carbocycles. The highest BCUT2D eigenvalue weighted by Crippen LogP contribution is 2.47. The van der Waals surface area contributed by atoms with Crippen LogP contribution in [0.1, 0.15) is 32.1 Å². The molecule has 20 heavy (non-hydrogen) atoms. The Morgan fingerprint density at radius 2 is 2.05 bits per heavy atom. The standard InChI is InChI=1S/C15H23NO4/c1-3-5-14(6-4-7-14)12(17)16-9-8-15(10-16,11-20-2)13(18)19/h3H,1,4-11H2,2H3,(H,18,19). The molecule has 2 aliphatic rings. The number of hydrogen-bond acceptors (Lipinski definition) is 3. The van der Waals surface area contributed by atoms with Gasteiger partial charge in [0, 0.05) is 20.2 Å². The Morgan fingerprint density at radius 1 is 1.35 bits per heavy atom. The van der Waals surface area contributed by atoms with Crippen molar-refractivity contribution in [2.45, 2.75) is 32.1 Å². The zero-order valence-corrected chi connectivity index (χ0v) is 12.1. The first-order valence-electron chi connectivity index (χ1n) is 7.12. The fourth-order valence-corrected chi connectivity index (χ4v) is 3.40. The molecule has 1 saturated heterocycles. The summed E-state index contributed by atoms with van der Waals surface area (Å²) in [6.07, 6.45) is 5.79. The molecule has 1 aliphatic heterocycles. The average molecular weight is 281 g/mol. The van der Waals surface area contributed by atoms with E-state index in [2.05, 4.69) is 6.58 Å². The highest BCUT2D eigenvalue weighted by Gasteiger charge is 2.51. The largest absolute Gasteiger partial charge is 0.481 e. The minimum absolute atomic E-state index is 0.0999. The zero-order valence-electron chi connectivity index (χ0n) is 12.1. The molecule has 0 aromatic heterocycles. The normalized spacial score (nSPS) is 27.9. The van der Waals surface area contributed by atoms with Crippen molar-refractivity contribution >= 4 is 11.9 Å². The summed E-state index contributed by atoms with van der Waals surface area (Å²) in [6.45, 7) is 4.66. The Hall–Kier alpha value is -1.36. The molecule has 2 fully saturated rings. The number of carboxylic acids is 1. The van der Waals surface area contributed by atoms with Crippen LogP contribution in [0.5, 0.6) is 0 Å². The molecule has 1 atom stereocenters. The van der Waals surface area contributed by atoms with E-state index in [4.69, 9.17) is 4.74 Å². The summed E-state index contributed by atoms with van der Waals surface area (Å²) < 4.78 is 5.06. The van der Waals surface area contributed by atoms with E-state index >= 15 is 0 Å². The third-order valence-corrected chi connectivity index (χ3v) is 4.81. The summed E-state index contributed by atoms with van der Waals surface area (Å²) in [4.78, 5) is 25.9. The van der Waals surface area contributed by atoms with E-state index in [1.807, 2.05) is 0 Å². The van der Waals surface area contributed by atoms with Crippen molar-refractivity contribution in [2.75, 3.05) is 26.8 Å². The number of likely N-dealkylation sites (tertiary alicyclic amines) is 1. The molecule has 1 amide bonds. The summed E-state index contributed by atoms with van der Waals surface area (Å²) >= 11 is 0. The van der Waals surface area contributed by atoms with Gasteiger partial charge in [0.05, 0.1) is 12.0 Å². The SMILES string of the molecule is C=CCC1(C(=O)N2CCC(COC)(C(=O)O)C2)CCC1. The maximum Gasteiger partial charge on any atom is 0.313 e. The molecular weight excluding hydrogens is 258 g/mol. The molecule has 2 rings (SSSR count). The van der Waals surface area contributed by atoms with Gasteiger partial charge in [0.25, 0.3) is 0 Å². The highest BCUT2D eigenvalue weighted by molar-refractivity contribution is 5.86. The van der Waals surface area contributed by atoms with E-state index in [0.29, 0.717) is 19.4 Å². The molecule has 0 bridgehead atoms. The van der Waals surface area contributed by atoms with E-state index in [0.717, 1.165) is 19.3 Å². The lowest BCUT2D eigenvalue weighted by molar-refractivity contribution is -0.153. The van der Waals surface area contributed by atoms with E-state index in [1.165, 1.54) is 7.11 Å². The van der Waals surface area contributed by atoms with Crippen LogP contribution < -0.4 is 0 Å². The number of rotatable bonds is 6. The van der Waals surface area contributed by atoms with Crippen molar-refractivity contribution in [3.8, 4) is 0 Å². The summed E-state index contributed by atoms with van der Waals surface area (Å²) in [7, 11) is 1.50. The first-order valence-corrected chi connectivity index (χ1v) is 7.12. The second kappa shape index (κ2) is 5.56. The maximum atomic E-state index is 12.7. The topological polar surface area (TPSA) is 66.8 Å². The van der Waals surface area contributed by atoms with Crippen molar-refractivity contribution in [2.24, 2.45) is 10.8 Å². The number of amides is 1. The van der Waals surface area contributed by atoms with Gasteiger partial charge in [-0.25, -0.2) is 0 Å². The van der Waals surface area contributed by atoms with Gasteiger partial charge >= 0.3 is 5.97 Å². The maximum absolute atomic E-state index is 12.7. The van der Waals surface area contributed by atoms with Crippen LogP contribution in [0.2, 0.25) is 0 Å². The van der Waals surface area contributed by atoms with E-state index in [1.54, 1.807) is 11.0 Å². The summed E-state index contributed by atoms with van der Waals surface area (Å²) in [5.41, 5.74) is -1.26. The quantitative estimate of drug-likeness (QED) is 0.752. The van der Waals surface area contributed by atoms with Gasteiger partial charge in [-0.15, -0.1) is 6.58 Å². The molecule has 0 aromatic rings. The van der Waals surface area contributed by atoms with Gasteiger partial charge in [-0.3, -0.25) is 9.59 Å². The van der Waals surface area contributed by atoms with Crippen LogP contribution in [-0.2, 0) is 14.3 Å². The van der Waals surface area contributed by atoms with Gasteiger partial charge in [-0.1, -0.05) is 12.5 Å². The van der Waals surface area contributed by atoms with Gasteiger partial charge in [0.2, 0.25) is 5.91 Å². The average Bonchev–Trinajstić information content (AvgIpc) is 2.79. The predicted molar refractivity (Wildman–Crippen MR) is 74.2 cm³/mol. The minimum Gasteiger partial charge on any atom is -0.481 e. The molecule has 5 heteroatoms. The van der Waals surface area contributed by atoms with E-state index < -0.39 is 11.4 Å². The zero-order chi connectivity index (χ0) is 14.8. The van der Waals surface area contributed by atoms with Crippen LogP contribution in [0.4, 0.5) is 0 Å². The van der Waals surface area contributed by atoms with Crippen molar-refractivity contribution in [1.82, 2.24) is 4.90 Å². The van der Waals surface area contributed by atoms with Crippen molar-refractivity contribution in [3.63, 3.8) is 0 Å². The first kappa shape index (κ1) is 15.0. The van der Waals surface area contributed by atoms with Crippen LogP contribution in [0.3, 0.4) is 0 Å². The Labute approximate surface area is 119 Å². The molecule has 1 saturated carbocycles. The van der Waals surface area contributed by atoms with Crippen LogP contribution in [-0.4, -0.2) is 48.7 Å². The van der Waals surface area contributed by atoms with E-state index in [-0.39, 0.29) is 24.5 Å². The fraction of sp³-hybridized carbons (Fsp3) is 0.733. The number of allylic oxidation sites excluding steroid dienone is 1. The number of ether oxygens (including phenoxy) is 1. The number of hydrogen-bond donors (Lipinski definition) is 1. The van der Waals surface area contributed by atoms with Crippen LogP contribution >= 0.6 is 0 Å². The van der Waals surface area contributed by atoms with Gasteiger partial charge in [-0.05, 0) is 25.7 Å². The van der Waals surface area contributed by atoms with Gasteiger partial charge in [0.15, 0.2) is 0 Å². The predicted octanol–water partition coefficient (Wildman–Crippen LogP) is 1.68. The molecule has 1 heterocycles. The van der Waals surface area contributed by atoms with Gasteiger partial charge < -0.3 is 14.7 Å². The number of carboxylic acid groups (broad SMARTS) is 1. The molecule has 0 spiro atoms. The number of methoxy groups -OCH3 is 1. The molecule has 5 nitrogen and oxygen atoms in total. The van der Waals surface area contributed by atoms with Crippen molar-refractivity contribution < 1.29 is 19.4 Å². The summed E-state index contributed by atoms with van der Waals surface area (Å²) in [5, 5.41) is 9.44. The second-order valence-electron chi connectivity index (χ2n) is 6.12. The molecule has 0 radical (unpaired) electrons. The molecule has 1 unspecified atom stereocenters. The van der Waals surface area contributed by atoms with Crippen LogP contribution in [0.15, 0.2) is 12.7 Å². The van der Waals surface area contributed by atoms with E-state index in [9.17, 15) is 14.7 Å². The Bertz CT molecular complexity index is 416. The highest BCUT2D eigenvalue weighted by atomic mass is 16.5. The van der Waals surface area contributed by atoms with Gasteiger partial charge in [0.1, 0.15) is 5.41 Å². The lowest BCUT2D eigenvalue weighted by Crippen LogP contribution is -2.48. The van der Waals surface area contributed by atoms with Crippen LogP contribution in [0, 0.1) is 10.8 Å². The number of carbonyl (C=O) groups is 2. The lowest BCUT2D eigenvalue weighted by atomic mass is 9.65. The molecular formula is C15H23NO4. The van der Waals surface area contributed by atoms with Crippen LogP contribution in [0.25, 0.3) is 0 Å². The third-order valence-electron chi connectivity index (χ3n) is 4.81. The monoisotopic (exact) mass is 281 g/mol. The Balaban J connectivity index is 2.10. The number of carbonyl (C=O) groups excluding carboxylic acids is 1. The molecule has 1 N–H and O–H groups in total. The number of nitrogens with zero attached hydrogens (tertiary/aromatic N) is 1. The second-order valence-corrected chi connectivity index (χ2v) is 6.12. The Kier molecular flexibility index (Phi) is 4.18. The molecule has 112 valence electrons.